The van der Waals surface area contributed by atoms with E-state index >= 15 is 0 Å². The fraction of sp³-hybridized carbons (Fsp3) is 0. The van der Waals surface area contributed by atoms with Crippen molar-refractivity contribution in [1.82, 2.24) is 0 Å². The standard InChI is InChI=1S/3C6H5.ClH.Sn/c3*1-2-4-6-5-3-1;;/h3*1-5H;1H;. The molecular weight excluding hydrogens is 370 g/mol. The summed E-state index contributed by atoms with van der Waals surface area (Å²) in [6.07, 6.45) is 0. The van der Waals surface area contributed by atoms with Crippen molar-refractivity contribution in [3.05, 3.63) is 91.0 Å². The average molecular weight is 386 g/mol. The third-order valence-electron chi connectivity index (χ3n) is 3.19. The Morgan fingerprint density at radius 2 is 0.650 bits per heavy atom. The van der Waals surface area contributed by atoms with Crippen LogP contribution in [0.4, 0.5) is 0 Å². The fourth-order valence-electron chi connectivity index (χ4n) is 2.31. The summed E-state index contributed by atoms with van der Waals surface area (Å²) < 4.78 is 4.59. The van der Waals surface area contributed by atoms with Gasteiger partial charge < -0.3 is 0 Å². The van der Waals surface area contributed by atoms with Gasteiger partial charge in [0, 0.05) is 0 Å². The topological polar surface area (TPSA) is 0 Å². The van der Waals surface area contributed by atoms with Gasteiger partial charge in [0.05, 0.1) is 0 Å². The summed E-state index contributed by atoms with van der Waals surface area (Å²) in [6, 6.07) is 32.9. The molecule has 0 saturated heterocycles. The Balaban J connectivity index is 0.00000147. The second-order valence-electron chi connectivity index (χ2n) is 4.47. The number of hydrogen-bond acceptors (Lipinski definition) is 0. The summed E-state index contributed by atoms with van der Waals surface area (Å²) in [4.78, 5) is 0. The van der Waals surface area contributed by atoms with Gasteiger partial charge in [0.1, 0.15) is 0 Å². The molecule has 3 rings (SSSR count). The minimum absolute atomic E-state index is 0. The van der Waals surface area contributed by atoms with Crippen molar-refractivity contribution < 1.29 is 0 Å². The number of hydrogen-bond donors (Lipinski definition) is 0. The van der Waals surface area contributed by atoms with Gasteiger partial charge in [-0.1, -0.05) is 0 Å². The van der Waals surface area contributed by atoms with Crippen molar-refractivity contribution in [1.29, 1.82) is 0 Å². The Bertz CT molecular complexity index is 529. The zero-order chi connectivity index (χ0) is 12.9. The molecule has 0 saturated carbocycles. The first-order valence-electron chi connectivity index (χ1n) is 6.48. The first kappa shape index (κ1) is 15.1. The van der Waals surface area contributed by atoms with E-state index in [0.29, 0.717) is 0 Å². The van der Waals surface area contributed by atoms with E-state index in [1.807, 2.05) is 0 Å². The van der Waals surface area contributed by atoms with Crippen LogP contribution < -0.4 is 10.7 Å². The predicted molar refractivity (Wildman–Crippen MR) is 91.2 cm³/mol. The molecule has 0 spiro atoms. The Hall–Kier alpha value is -1.25. The normalized spacial score (nSPS) is 10.1. The van der Waals surface area contributed by atoms with E-state index in [-0.39, 0.29) is 12.4 Å². The van der Waals surface area contributed by atoms with Crippen LogP contribution in [0.5, 0.6) is 0 Å². The number of benzene rings is 3. The van der Waals surface area contributed by atoms with Gasteiger partial charge in [-0.3, -0.25) is 0 Å². The Labute approximate surface area is 133 Å². The van der Waals surface area contributed by atoms with Crippen molar-refractivity contribution in [2.75, 3.05) is 0 Å². The van der Waals surface area contributed by atoms with E-state index in [2.05, 4.69) is 91.0 Å². The molecule has 0 N–H and O–H groups in total. The van der Waals surface area contributed by atoms with Crippen molar-refractivity contribution >= 4 is 42.9 Å². The predicted octanol–water partition coefficient (Wildman–Crippen LogP) is 2.62. The van der Waals surface area contributed by atoms with Crippen molar-refractivity contribution in [3.63, 3.8) is 0 Å². The summed E-state index contributed by atoms with van der Waals surface area (Å²) in [7, 11) is 0. The van der Waals surface area contributed by atoms with E-state index < -0.39 is 19.8 Å². The second-order valence-corrected chi connectivity index (χ2v) is 11.6. The molecule has 0 amide bonds. The van der Waals surface area contributed by atoms with Gasteiger partial charge in [-0.05, 0) is 0 Å². The van der Waals surface area contributed by atoms with E-state index in [0.717, 1.165) is 0 Å². The van der Waals surface area contributed by atoms with Crippen LogP contribution in [-0.4, -0.2) is 19.8 Å². The molecule has 0 aromatic heterocycles. The molecule has 1 radical (unpaired) electrons. The first-order chi connectivity index (χ1) is 9.45. The molecule has 3 aromatic carbocycles. The van der Waals surface area contributed by atoms with Crippen LogP contribution in [0.25, 0.3) is 0 Å². The van der Waals surface area contributed by atoms with Crippen LogP contribution in [0.2, 0.25) is 0 Å². The Kier molecular flexibility index (Phi) is 5.69. The van der Waals surface area contributed by atoms with Crippen LogP contribution in [0.1, 0.15) is 0 Å². The number of halogens is 1. The quantitative estimate of drug-likeness (QED) is 0.607. The molecule has 99 valence electrons. The van der Waals surface area contributed by atoms with Crippen molar-refractivity contribution in [2.45, 2.75) is 0 Å². The van der Waals surface area contributed by atoms with E-state index in [1.54, 1.807) is 0 Å². The molecule has 0 aliphatic carbocycles. The third-order valence-corrected chi connectivity index (χ3v) is 11.0. The van der Waals surface area contributed by atoms with Crippen molar-refractivity contribution in [2.24, 2.45) is 0 Å². The van der Waals surface area contributed by atoms with Crippen LogP contribution in [-0.2, 0) is 0 Å². The van der Waals surface area contributed by atoms with Crippen LogP contribution in [0, 0.1) is 0 Å². The molecule has 20 heavy (non-hydrogen) atoms. The van der Waals surface area contributed by atoms with Crippen LogP contribution in [0.3, 0.4) is 0 Å². The molecule has 0 fully saturated rings. The minimum atomic E-state index is -1.98. The van der Waals surface area contributed by atoms with Gasteiger partial charge in [0.25, 0.3) is 0 Å². The summed E-state index contributed by atoms with van der Waals surface area (Å²) in [5.41, 5.74) is 0. The zero-order valence-electron chi connectivity index (χ0n) is 11.1. The Morgan fingerprint density at radius 1 is 0.400 bits per heavy atom. The van der Waals surface area contributed by atoms with E-state index in [4.69, 9.17) is 0 Å². The number of rotatable bonds is 3. The molecule has 0 bridgehead atoms. The third kappa shape index (κ3) is 3.44. The molecule has 3 aromatic rings. The maximum atomic E-state index is 2.29. The molecule has 0 unspecified atom stereocenters. The van der Waals surface area contributed by atoms with E-state index in [1.165, 1.54) is 10.7 Å². The van der Waals surface area contributed by atoms with Gasteiger partial charge in [-0.2, -0.15) is 0 Å². The van der Waals surface area contributed by atoms with Crippen LogP contribution in [0.15, 0.2) is 91.0 Å². The van der Waals surface area contributed by atoms with Gasteiger partial charge in [-0.15, -0.1) is 12.4 Å². The summed E-state index contributed by atoms with van der Waals surface area (Å²) in [5, 5.41) is 0. The Morgan fingerprint density at radius 3 is 0.900 bits per heavy atom. The molecule has 0 aliphatic heterocycles. The summed E-state index contributed by atoms with van der Waals surface area (Å²) in [6.45, 7) is 0. The SMILES string of the molecule is Cl.c1cc[c]([Sn]([c]2ccccc2)[c]2ccccc2)cc1. The molecule has 0 atom stereocenters. The van der Waals surface area contributed by atoms with Gasteiger partial charge in [0.2, 0.25) is 0 Å². The molecule has 0 aliphatic rings. The second kappa shape index (κ2) is 7.51. The monoisotopic (exact) mass is 387 g/mol. The summed E-state index contributed by atoms with van der Waals surface area (Å²) >= 11 is -1.98. The molecule has 0 heterocycles. The van der Waals surface area contributed by atoms with Gasteiger partial charge in [0.15, 0.2) is 0 Å². The van der Waals surface area contributed by atoms with Gasteiger partial charge in [-0.25, -0.2) is 0 Å². The maximum absolute atomic E-state index is 2.29. The summed E-state index contributed by atoms with van der Waals surface area (Å²) in [5.74, 6) is 0. The first-order valence-corrected chi connectivity index (χ1v) is 10.8. The van der Waals surface area contributed by atoms with Crippen LogP contribution >= 0.6 is 12.4 Å². The molecule has 2 heteroatoms. The fourth-order valence-corrected chi connectivity index (χ4v) is 9.67. The van der Waals surface area contributed by atoms with E-state index in [9.17, 15) is 0 Å². The van der Waals surface area contributed by atoms with Gasteiger partial charge >= 0.3 is 121 Å². The average Bonchev–Trinajstić information content (AvgIpc) is 2.51. The molecule has 0 nitrogen and oxygen atoms in total. The van der Waals surface area contributed by atoms with Crippen molar-refractivity contribution in [3.8, 4) is 0 Å². The molecular formula is C18H16ClSn. The zero-order valence-corrected chi connectivity index (χ0v) is 14.7.